The van der Waals surface area contributed by atoms with Crippen molar-refractivity contribution < 1.29 is 41.7 Å². The number of carbonyl (C=O) groups excluding carboxylic acids is 1. The minimum Gasteiger partial charge on any atom is -0.490 e. The van der Waals surface area contributed by atoms with Crippen LogP contribution in [0.4, 0.5) is 23.2 Å². The predicted octanol–water partition coefficient (Wildman–Crippen LogP) is 7.60. The van der Waals surface area contributed by atoms with Crippen molar-refractivity contribution in [2.45, 2.75) is 71.8 Å². The number of fused-ring (bicyclic) bond motifs is 2. The lowest BCUT2D eigenvalue weighted by atomic mass is 9.83. The fraction of sp³-hybridized carbons (Fsp3) is 0.394. The van der Waals surface area contributed by atoms with Crippen molar-refractivity contribution in [3.63, 3.8) is 0 Å². The summed E-state index contributed by atoms with van der Waals surface area (Å²) in [7, 11) is 0. The Morgan fingerprint density at radius 3 is 2.40 bits per heavy atom. The van der Waals surface area contributed by atoms with Crippen LogP contribution in [0.5, 0.6) is 5.75 Å². The van der Waals surface area contributed by atoms with Crippen LogP contribution in [0.3, 0.4) is 0 Å². The molecule has 0 spiro atoms. The molecule has 0 aliphatic carbocycles. The van der Waals surface area contributed by atoms with Crippen LogP contribution in [0.15, 0.2) is 36.4 Å². The van der Waals surface area contributed by atoms with Gasteiger partial charge in [0, 0.05) is 23.4 Å². The molecule has 3 aromatic rings. The van der Waals surface area contributed by atoms with Crippen molar-refractivity contribution in [1.29, 1.82) is 0 Å². The zero-order chi connectivity index (χ0) is 31.4. The number of carboxylic acid groups (broad SMARTS) is 1. The summed E-state index contributed by atoms with van der Waals surface area (Å²) in [5.74, 6) is -2.50. The molecular weight excluding hydrogens is 566 g/mol. The van der Waals surface area contributed by atoms with Gasteiger partial charge in [-0.3, -0.25) is 4.79 Å². The Bertz CT molecular complexity index is 1620. The van der Waals surface area contributed by atoms with Crippen molar-refractivity contribution in [2.75, 3.05) is 18.1 Å². The van der Waals surface area contributed by atoms with E-state index in [1.165, 1.54) is 23.1 Å². The van der Waals surface area contributed by atoms with E-state index in [-0.39, 0.29) is 18.7 Å². The van der Waals surface area contributed by atoms with Crippen LogP contribution >= 0.6 is 0 Å². The average molecular weight is 600 g/mol. The molecule has 2 heterocycles. The molecule has 6 nitrogen and oxygen atoms in total. The molecule has 0 saturated carbocycles. The molecule has 10 heteroatoms. The largest absolute Gasteiger partial charge is 0.490 e. The summed E-state index contributed by atoms with van der Waals surface area (Å²) in [4.78, 5) is 27.7. The first kappa shape index (κ1) is 30.5. The number of amides is 1. The van der Waals surface area contributed by atoms with Crippen molar-refractivity contribution >= 4 is 17.6 Å². The summed E-state index contributed by atoms with van der Waals surface area (Å²) in [5, 5.41) is 10.4. The van der Waals surface area contributed by atoms with Gasteiger partial charge < -0.3 is 19.5 Å². The van der Waals surface area contributed by atoms with Crippen molar-refractivity contribution in [1.82, 2.24) is 0 Å². The zero-order valence-corrected chi connectivity index (χ0v) is 24.6. The maximum absolute atomic E-state index is 15.6. The lowest BCUT2D eigenvalue weighted by Crippen LogP contribution is -2.31. The lowest BCUT2D eigenvalue weighted by Gasteiger charge is -2.30. The SMILES string of the molecule is Cc1cc2c(c(-c3cc(F)c4c(c3C)CCCO4)c1C(OC(C)(C)C)C(=O)O)CCN2C(=O)c1ccccc1C(F)(F)F. The third-order valence-electron chi connectivity index (χ3n) is 7.91. The van der Waals surface area contributed by atoms with Gasteiger partial charge in [0.25, 0.3) is 5.91 Å². The smallest absolute Gasteiger partial charge is 0.417 e. The van der Waals surface area contributed by atoms with Crippen LogP contribution in [0.1, 0.15) is 77.0 Å². The third-order valence-corrected chi connectivity index (χ3v) is 7.91. The van der Waals surface area contributed by atoms with Crippen LogP contribution in [-0.4, -0.2) is 35.7 Å². The molecule has 3 aromatic carbocycles. The molecule has 0 saturated heterocycles. The number of carbonyl (C=O) groups is 2. The highest BCUT2D eigenvalue weighted by molar-refractivity contribution is 6.09. The quantitative estimate of drug-likeness (QED) is 0.306. The molecule has 43 heavy (non-hydrogen) atoms. The number of rotatable bonds is 5. The number of alkyl halides is 3. The monoisotopic (exact) mass is 599 g/mol. The van der Waals surface area contributed by atoms with E-state index in [1.807, 2.05) is 6.92 Å². The third kappa shape index (κ3) is 5.60. The maximum atomic E-state index is 15.6. The van der Waals surface area contributed by atoms with E-state index in [1.54, 1.807) is 33.8 Å². The van der Waals surface area contributed by atoms with Gasteiger partial charge in [-0.2, -0.15) is 13.2 Å². The van der Waals surface area contributed by atoms with Gasteiger partial charge in [0.05, 0.1) is 23.3 Å². The number of nitrogens with zero attached hydrogens (tertiary/aromatic N) is 1. The van der Waals surface area contributed by atoms with Crippen LogP contribution in [-0.2, 0) is 28.5 Å². The van der Waals surface area contributed by atoms with Crippen LogP contribution in [0, 0.1) is 19.7 Å². The molecule has 1 atom stereocenters. The van der Waals surface area contributed by atoms with Crippen molar-refractivity contribution in [2.24, 2.45) is 0 Å². The van der Waals surface area contributed by atoms with Crippen LogP contribution in [0.25, 0.3) is 11.1 Å². The molecule has 0 fully saturated rings. The van der Waals surface area contributed by atoms with Crippen LogP contribution in [0.2, 0.25) is 0 Å². The predicted molar refractivity (Wildman–Crippen MR) is 153 cm³/mol. The van der Waals surface area contributed by atoms with Gasteiger partial charge in [-0.05, 0) is 106 Å². The van der Waals surface area contributed by atoms with Gasteiger partial charge in [-0.1, -0.05) is 12.1 Å². The Morgan fingerprint density at radius 1 is 1.05 bits per heavy atom. The first-order chi connectivity index (χ1) is 20.1. The van der Waals surface area contributed by atoms with Crippen LogP contribution < -0.4 is 9.64 Å². The Morgan fingerprint density at radius 2 is 1.74 bits per heavy atom. The van der Waals surface area contributed by atoms with E-state index in [9.17, 15) is 27.9 Å². The normalized spacial score (nSPS) is 15.5. The molecule has 2 aliphatic heterocycles. The van der Waals surface area contributed by atoms with Gasteiger partial charge in [0.15, 0.2) is 17.7 Å². The Hall–Kier alpha value is -3.92. The summed E-state index contributed by atoms with van der Waals surface area (Å²) < 4.78 is 68.7. The highest BCUT2D eigenvalue weighted by atomic mass is 19.4. The average Bonchev–Trinajstić information content (AvgIpc) is 3.35. The minimum absolute atomic E-state index is 0.0592. The van der Waals surface area contributed by atoms with Gasteiger partial charge in [-0.15, -0.1) is 0 Å². The maximum Gasteiger partial charge on any atom is 0.417 e. The first-order valence-corrected chi connectivity index (χ1v) is 14.1. The molecule has 0 radical (unpaired) electrons. The summed E-state index contributed by atoms with van der Waals surface area (Å²) in [6, 6.07) is 7.55. The number of aryl methyl sites for hydroxylation is 1. The fourth-order valence-corrected chi connectivity index (χ4v) is 6.12. The second-order valence-electron chi connectivity index (χ2n) is 12.0. The zero-order valence-electron chi connectivity index (χ0n) is 24.6. The molecule has 1 amide bonds. The molecule has 0 bridgehead atoms. The number of ether oxygens (including phenoxy) is 2. The highest BCUT2D eigenvalue weighted by Crippen LogP contribution is 2.48. The summed E-state index contributed by atoms with van der Waals surface area (Å²) in [6.07, 6.45) is -4.71. The van der Waals surface area contributed by atoms with E-state index in [2.05, 4.69) is 0 Å². The van der Waals surface area contributed by atoms with E-state index < -0.39 is 46.7 Å². The standard InChI is InChI=1S/C33H33F4NO5/c1-17-15-25-21(12-13-38(25)30(39)20-9-6-7-11-23(20)33(35,36)37)27(26(17)29(31(40)41)43-32(3,4)5)22-16-24(34)28-19(18(22)2)10-8-14-42-28/h6-7,9,11,15-16,29H,8,10,12-14H2,1-5H3,(H,40,41). The van der Waals surface area contributed by atoms with Gasteiger partial charge >= 0.3 is 12.1 Å². The molecule has 228 valence electrons. The van der Waals surface area contributed by atoms with Crippen molar-refractivity contribution in [3.8, 4) is 16.9 Å². The topological polar surface area (TPSA) is 76.1 Å². The Kier molecular flexibility index (Phi) is 7.79. The molecule has 0 aromatic heterocycles. The molecule has 2 aliphatic rings. The number of anilines is 1. The molecule has 1 unspecified atom stereocenters. The van der Waals surface area contributed by atoms with Gasteiger partial charge in [0.2, 0.25) is 0 Å². The van der Waals surface area contributed by atoms with E-state index in [0.29, 0.717) is 64.1 Å². The molecule has 5 rings (SSSR count). The molecule has 1 N–H and O–H groups in total. The number of carboxylic acids is 1. The minimum atomic E-state index is -4.74. The first-order valence-electron chi connectivity index (χ1n) is 14.1. The number of aliphatic carboxylic acids is 1. The summed E-state index contributed by atoms with van der Waals surface area (Å²) >= 11 is 0. The Balaban J connectivity index is 1.78. The van der Waals surface area contributed by atoms with Crippen molar-refractivity contribution in [3.05, 3.63) is 81.2 Å². The summed E-state index contributed by atoms with van der Waals surface area (Å²) in [5.41, 5.74) is 1.49. The summed E-state index contributed by atoms with van der Waals surface area (Å²) in [6.45, 7) is 9.10. The number of hydrogen-bond acceptors (Lipinski definition) is 4. The number of hydrogen-bond donors (Lipinski definition) is 1. The number of halogens is 4. The Labute approximate surface area is 247 Å². The molecular formula is C33H33F4NO5. The fourth-order valence-electron chi connectivity index (χ4n) is 6.12. The second-order valence-corrected chi connectivity index (χ2v) is 12.0. The van der Waals surface area contributed by atoms with E-state index >= 15 is 4.39 Å². The van der Waals surface area contributed by atoms with E-state index in [4.69, 9.17) is 9.47 Å². The second kappa shape index (κ2) is 11.0. The number of benzene rings is 3. The van der Waals surface area contributed by atoms with E-state index in [0.717, 1.165) is 12.1 Å². The van der Waals surface area contributed by atoms with Gasteiger partial charge in [0.1, 0.15) is 0 Å². The van der Waals surface area contributed by atoms with Gasteiger partial charge in [-0.25, -0.2) is 9.18 Å². The lowest BCUT2D eigenvalue weighted by molar-refractivity contribution is -0.160. The highest BCUT2D eigenvalue weighted by Gasteiger charge is 2.40.